The van der Waals surface area contributed by atoms with E-state index in [4.69, 9.17) is 16.3 Å². The number of hydrogen-bond acceptors (Lipinski definition) is 2. The lowest BCUT2D eigenvalue weighted by molar-refractivity contribution is -0.119. The molecule has 33 heavy (non-hydrogen) atoms. The minimum Gasteiger partial charge on any atom is -0.489 e. The standard InChI is InChI=1S/C29H26ClNO2/c1-2-16-31-27-15-12-21-7-3-4-9-25(21)29(27)26(18-28(31)32)22-10-13-24(14-11-22)33-19-20-6-5-8-23(30)17-20/h3-15,17,26H,2,16,18-19H2,1H3. The van der Waals surface area contributed by atoms with Crippen LogP contribution in [0.2, 0.25) is 5.02 Å². The molecular weight excluding hydrogens is 430 g/mol. The van der Waals surface area contributed by atoms with Gasteiger partial charge < -0.3 is 9.64 Å². The lowest BCUT2D eigenvalue weighted by Gasteiger charge is -2.35. The van der Waals surface area contributed by atoms with E-state index in [1.54, 1.807) is 0 Å². The monoisotopic (exact) mass is 455 g/mol. The fourth-order valence-corrected chi connectivity index (χ4v) is 4.96. The minimum absolute atomic E-state index is 0.0219. The van der Waals surface area contributed by atoms with Crippen molar-refractivity contribution in [2.75, 3.05) is 11.4 Å². The van der Waals surface area contributed by atoms with Gasteiger partial charge in [-0.3, -0.25) is 4.79 Å². The largest absolute Gasteiger partial charge is 0.489 e. The van der Waals surface area contributed by atoms with Gasteiger partial charge >= 0.3 is 0 Å². The zero-order valence-corrected chi connectivity index (χ0v) is 19.4. The summed E-state index contributed by atoms with van der Waals surface area (Å²) in [7, 11) is 0. The number of rotatable bonds is 6. The molecule has 1 aliphatic heterocycles. The van der Waals surface area contributed by atoms with Gasteiger partial charge in [0, 0.05) is 29.6 Å². The van der Waals surface area contributed by atoms with Crippen molar-refractivity contribution in [2.45, 2.75) is 32.3 Å². The van der Waals surface area contributed by atoms with Crippen LogP contribution in [0.3, 0.4) is 0 Å². The van der Waals surface area contributed by atoms with Gasteiger partial charge in [0.05, 0.1) is 0 Å². The molecule has 3 nitrogen and oxygen atoms in total. The number of nitrogens with zero attached hydrogens (tertiary/aromatic N) is 1. The van der Waals surface area contributed by atoms with E-state index >= 15 is 0 Å². The number of halogens is 1. The van der Waals surface area contributed by atoms with E-state index in [9.17, 15) is 4.79 Å². The summed E-state index contributed by atoms with van der Waals surface area (Å²) in [6.07, 6.45) is 1.41. The van der Waals surface area contributed by atoms with Crippen molar-refractivity contribution in [2.24, 2.45) is 0 Å². The highest BCUT2D eigenvalue weighted by Gasteiger charge is 2.33. The summed E-state index contributed by atoms with van der Waals surface area (Å²) in [5, 5.41) is 3.12. The molecule has 5 rings (SSSR count). The fourth-order valence-electron chi connectivity index (χ4n) is 4.75. The maximum absolute atomic E-state index is 13.1. The van der Waals surface area contributed by atoms with Crippen molar-refractivity contribution in [3.63, 3.8) is 0 Å². The van der Waals surface area contributed by atoms with Crippen LogP contribution in [-0.4, -0.2) is 12.5 Å². The predicted octanol–water partition coefficient (Wildman–Crippen LogP) is 7.35. The summed E-state index contributed by atoms with van der Waals surface area (Å²) in [5.41, 5.74) is 4.44. The van der Waals surface area contributed by atoms with Crippen LogP contribution in [0.4, 0.5) is 5.69 Å². The molecule has 0 bridgehead atoms. The van der Waals surface area contributed by atoms with Crippen LogP contribution in [0.25, 0.3) is 10.8 Å². The maximum atomic E-state index is 13.1. The number of amides is 1. The third kappa shape index (κ3) is 4.34. The third-order valence-electron chi connectivity index (χ3n) is 6.29. The molecule has 0 spiro atoms. The molecule has 1 unspecified atom stereocenters. The Morgan fingerprint density at radius 2 is 1.79 bits per heavy atom. The van der Waals surface area contributed by atoms with Crippen molar-refractivity contribution in [3.05, 3.63) is 107 Å². The van der Waals surface area contributed by atoms with Crippen LogP contribution in [0.5, 0.6) is 5.75 Å². The maximum Gasteiger partial charge on any atom is 0.227 e. The minimum atomic E-state index is 0.0219. The van der Waals surface area contributed by atoms with Crippen LogP contribution >= 0.6 is 11.6 Å². The van der Waals surface area contributed by atoms with E-state index in [1.807, 2.05) is 41.3 Å². The quantitative estimate of drug-likeness (QED) is 0.304. The van der Waals surface area contributed by atoms with E-state index in [0.29, 0.717) is 18.1 Å². The molecule has 166 valence electrons. The number of anilines is 1. The zero-order chi connectivity index (χ0) is 22.8. The van der Waals surface area contributed by atoms with Gasteiger partial charge in [0.15, 0.2) is 0 Å². The zero-order valence-electron chi connectivity index (χ0n) is 18.6. The van der Waals surface area contributed by atoms with Gasteiger partial charge in [-0.2, -0.15) is 0 Å². The molecule has 1 atom stereocenters. The number of ether oxygens (including phenoxy) is 1. The first-order chi connectivity index (χ1) is 16.1. The lowest BCUT2D eigenvalue weighted by atomic mass is 9.81. The van der Waals surface area contributed by atoms with Gasteiger partial charge in [-0.15, -0.1) is 0 Å². The number of hydrogen-bond donors (Lipinski definition) is 0. The van der Waals surface area contributed by atoms with E-state index in [1.165, 1.54) is 16.3 Å². The fraction of sp³-hybridized carbons (Fsp3) is 0.207. The molecule has 1 heterocycles. The molecule has 0 N–H and O–H groups in total. The Kier molecular flexibility index (Phi) is 6.06. The second-order valence-corrected chi connectivity index (χ2v) is 8.95. The van der Waals surface area contributed by atoms with Crippen molar-refractivity contribution in [1.29, 1.82) is 0 Å². The predicted molar refractivity (Wildman–Crippen MR) is 135 cm³/mol. The van der Waals surface area contributed by atoms with Gasteiger partial charge in [-0.1, -0.05) is 73.1 Å². The lowest BCUT2D eigenvalue weighted by Crippen LogP contribution is -2.37. The second-order valence-electron chi connectivity index (χ2n) is 8.51. The van der Waals surface area contributed by atoms with Gasteiger partial charge in [0.2, 0.25) is 5.91 Å². The average molecular weight is 456 g/mol. The van der Waals surface area contributed by atoms with Gasteiger partial charge in [-0.25, -0.2) is 0 Å². The molecule has 0 aromatic heterocycles. The van der Waals surface area contributed by atoms with Crippen LogP contribution in [0.1, 0.15) is 42.4 Å². The molecule has 0 saturated carbocycles. The van der Waals surface area contributed by atoms with E-state index < -0.39 is 0 Å². The normalized spacial score (nSPS) is 15.5. The van der Waals surface area contributed by atoms with Crippen molar-refractivity contribution in [1.82, 2.24) is 0 Å². The molecule has 4 heteroatoms. The highest BCUT2D eigenvalue weighted by atomic mass is 35.5. The van der Waals surface area contributed by atoms with Crippen molar-refractivity contribution < 1.29 is 9.53 Å². The average Bonchev–Trinajstić information content (AvgIpc) is 2.84. The topological polar surface area (TPSA) is 29.5 Å². The number of benzene rings is 4. The Hall–Kier alpha value is -3.30. The Labute approximate surface area is 199 Å². The summed E-state index contributed by atoms with van der Waals surface area (Å²) in [6, 6.07) is 28.5. The molecule has 0 radical (unpaired) electrons. The first-order valence-corrected chi connectivity index (χ1v) is 11.8. The van der Waals surface area contributed by atoms with Crippen LogP contribution < -0.4 is 9.64 Å². The smallest absolute Gasteiger partial charge is 0.227 e. The number of carbonyl (C=O) groups excluding carboxylic acids is 1. The Balaban J connectivity index is 1.47. The van der Waals surface area contributed by atoms with E-state index in [-0.39, 0.29) is 11.8 Å². The van der Waals surface area contributed by atoms with Crippen LogP contribution in [0, 0.1) is 0 Å². The summed E-state index contributed by atoms with van der Waals surface area (Å²) in [5.74, 6) is 1.01. The highest BCUT2D eigenvalue weighted by molar-refractivity contribution is 6.30. The highest BCUT2D eigenvalue weighted by Crippen LogP contribution is 2.44. The van der Waals surface area contributed by atoms with Gasteiger partial charge in [0.1, 0.15) is 12.4 Å². The first-order valence-electron chi connectivity index (χ1n) is 11.4. The molecule has 4 aromatic carbocycles. The molecule has 0 saturated heterocycles. The van der Waals surface area contributed by atoms with Crippen LogP contribution in [-0.2, 0) is 11.4 Å². The van der Waals surface area contributed by atoms with Gasteiger partial charge in [0.25, 0.3) is 0 Å². The van der Waals surface area contributed by atoms with Crippen molar-refractivity contribution >= 4 is 34.0 Å². The summed E-state index contributed by atoms with van der Waals surface area (Å²) in [4.78, 5) is 15.1. The molecule has 1 aliphatic rings. The third-order valence-corrected chi connectivity index (χ3v) is 6.53. The Morgan fingerprint density at radius 1 is 0.970 bits per heavy atom. The molecule has 0 fully saturated rings. The van der Waals surface area contributed by atoms with Gasteiger partial charge in [-0.05, 0) is 64.2 Å². The summed E-state index contributed by atoms with van der Waals surface area (Å²) >= 11 is 6.07. The SMILES string of the molecule is CCCN1C(=O)CC(c2ccc(OCc3cccc(Cl)c3)cc2)c2c1ccc1ccccc21. The number of fused-ring (bicyclic) bond motifs is 3. The van der Waals surface area contributed by atoms with E-state index in [2.05, 4.69) is 55.5 Å². The first kappa shape index (κ1) is 21.5. The Bertz CT molecular complexity index is 1300. The molecule has 0 aliphatic carbocycles. The summed E-state index contributed by atoms with van der Waals surface area (Å²) < 4.78 is 5.97. The van der Waals surface area contributed by atoms with Crippen LogP contribution in [0.15, 0.2) is 84.9 Å². The molecule has 1 amide bonds. The second kappa shape index (κ2) is 9.29. The Morgan fingerprint density at radius 3 is 2.58 bits per heavy atom. The summed E-state index contributed by atoms with van der Waals surface area (Å²) in [6.45, 7) is 3.32. The van der Waals surface area contributed by atoms with Crippen molar-refractivity contribution in [3.8, 4) is 5.75 Å². The molecular formula is C29H26ClNO2. The number of carbonyl (C=O) groups is 1. The molecule has 4 aromatic rings. The van der Waals surface area contributed by atoms with E-state index in [0.717, 1.165) is 35.5 Å².